The maximum Gasteiger partial charge on any atom is 0.223 e. The number of hydrogen-bond acceptors (Lipinski definition) is 4. The fourth-order valence-electron chi connectivity index (χ4n) is 1.42. The molecule has 4 nitrogen and oxygen atoms in total. The number of halogens is 1. The molecule has 0 aliphatic carbocycles. The maximum absolute atomic E-state index is 5.80. The van der Waals surface area contributed by atoms with Crippen molar-refractivity contribution in [2.45, 2.75) is 13.3 Å². The second-order valence-corrected chi connectivity index (χ2v) is 3.90. The molecule has 5 heteroatoms. The minimum Gasteiger partial charge on any atom is -0.368 e. The molecule has 0 spiro atoms. The van der Waals surface area contributed by atoms with Gasteiger partial charge in [-0.25, -0.2) is 4.98 Å². The smallest absolute Gasteiger partial charge is 0.223 e. The Morgan fingerprint density at radius 2 is 1.81 bits per heavy atom. The number of hydrogen-bond donors (Lipinski definition) is 1. The summed E-state index contributed by atoms with van der Waals surface area (Å²) in [6.07, 6.45) is 0.630. The predicted octanol–water partition coefficient (Wildman–Crippen LogP) is 2.01. The third-order valence-electron chi connectivity index (χ3n) is 2.09. The Balaban J connectivity index is 2.23. The van der Waals surface area contributed by atoms with Crippen LogP contribution in [0.1, 0.15) is 17.2 Å². The molecule has 1 heterocycles. The van der Waals surface area contributed by atoms with Crippen molar-refractivity contribution in [3.8, 4) is 0 Å². The largest absolute Gasteiger partial charge is 0.368 e. The number of benzene rings is 1. The van der Waals surface area contributed by atoms with Gasteiger partial charge in [0.25, 0.3) is 0 Å². The van der Waals surface area contributed by atoms with E-state index in [1.165, 1.54) is 0 Å². The Bertz CT molecular complexity index is 476. The zero-order valence-corrected chi connectivity index (χ0v) is 9.57. The molecular formula is C11H11ClN4. The standard InChI is InChI=1S/C11H11ClN4/c1-7-14-10(16-11(13)15-7)6-8-2-4-9(12)5-3-8/h2-5H,6H2,1H3,(H2,13,14,15,16). The average molecular weight is 235 g/mol. The Morgan fingerprint density at radius 1 is 1.12 bits per heavy atom. The minimum atomic E-state index is 0.261. The molecule has 0 amide bonds. The molecule has 0 saturated heterocycles. The maximum atomic E-state index is 5.80. The van der Waals surface area contributed by atoms with Gasteiger partial charge in [-0.2, -0.15) is 9.97 Å². The van der Waals surface area contributed by atoms with E-state index in [0.29, 0.717) is 18.1 Å². The lowest BCUT2D eigenvalue weighted by Gasteiger charge is -2.02. The molecule has 2 rings (SSSR count). The first-order valence-corrected chi connectivity index (χ1v) is 5.23. The second-order valence-electron chi connectivity index (χ2n) is 3.46. The van der Waals surface area contributed by atoms with Crippen molar-refractivity contribution in [1.29, 1.82) is 0 Å². The molecule has 0 atom stereocenters. The van der Waals surface area contributed by atoms with Gasteiger partial charge in [-0.15, -0.1) is 0 Å². The van der Waals surface area contributed by atoms with Crippen molar-refractivity contribution in [3.63, 3.8) is 0 Å². The van der Waals surface area contributed by atoms with Crippen LogP contribution in [0.5, 0.6) is 0 Å². The van der Waals surface area contributed by atoms with Gasteiger partial charge in [0.15, 0.2) is 0 Å². The zero-order chi connectivity index (χ0) is 11.5. The third kappa shape index (κ3) is 2.67. The average Bonchev–Trinajstić information content (AvgIpc) is 2.20. The fourth-order valence-corrected chi connectivity index (χ4v) is 1.55. The highest BCUT2D eigenvalue weighted by molar-refractivity contribution is 6.30. The number of nitrogen functional groups attached to an aromatic ring is 1. The molecule has 2 N–H and O–H groups in total. The highest BCUT2D eigenvalue weighted by Gasteiger charge is 2.02. The van der Waals surface area contributed by atoms with E-state index in [2.05, 4.69) is 15.0 Å². The van der Waals surface area contributed by atoms with Crippen molar-refractivity contribution in [2.75, 3.05) is 5.73 Å². The molecular weight excluding hydrogens is 224 g/mol. The van der Waals surface area contributed by atoms with Gasteiger partial charge in [0.2, 0.25) is 5.95 Å². The van der Waals surface area contributed by atoms with Gasteiger partial charge >= 0.3 is 0 Å². The van der Waals surface area contributed by atoms with Gasteiger partial charge in [0, 0.05) is 11.4 Å². The molecule has 1 aromatic heterocycles. The van der Waals surface area contributed by atoms with E-state index in [9.17, 15) is 0 Å². The van der Waals surface area contributed by atoms with Crippen molar-refractivity contribution >= 4 is 17.5 Å². The molecule has 0 saturated carbocycles. The number of aromatic nitrogens is 3. The molecule has 0 aliphatic heterocycles. The molecule has 0 radical (unpaired) electrons. The first-order valence-electron chi connectivity index (χ1n) is 4.85. The quantitative estimate of drug-likeness (QED) is 0.863. The Hall–Kier alpha value is -1.68. The zero-order valence-electron chi connectivity index (χ0n) is 8.81. The van der Waals surface area contributed by atoms with Gasteiger partial charge < -0.3 is 5.73 Å². The van der Waals surface area contributed by atoms with Crippen LogP contribution >= 0.6 is 11.6 Å². The summed E-state index contributed by atoms with van der Waals surface area (Å²) in [5, 5.41) is 0.718. The minimum absolute atomic E-state index is 0.261. The molecule has 16 heavy (non-hydrogen) atoms. The highest BCUT2D eigenvalue weighted by atomic mass is 35.5. The van der Waals surface area contributed by atoms with E-state index in [0.717, 1.165) is 10.6 Å². The number of anilines is 1. The van der Waals surface area contributed by atoms with E-state index in [-0.39, 0.29) is 5.95 Å². The summed E-state index contributed by atoms with van der Waals surface area (Å²) in [4.78, 5) is 12.2. The van der Waals surface area contributed by atoms with Gasteiger partial charge in [-0.05, 0) is 24.6 Å². The van der Waals surface area contributed by atoms with Crippen LogP contribution in [0.25, 0.3) is 0 Å². The SMILES string of the molecule is Cc1nc(N)nc(Cc2ccc(Cl)cc2)n1. The van der Waals surface area contributed by atoms with Crippen LogP contribution in [-0.4, -0.2) is 15.0 Å². The number of aryl methyl sites for hydroxylation is 1. The van der Waals surface area contributed by atoms with Crippen molar-refractivity contribution in [3.05, 3.63) is 46.5 Å². The van der Waals surface area contributed by atoms with Crippen LogP contribution in [0.2, 0.25) is 5.02 Å². The molecule has 82 valence electrons. The van der Waals surface area contributed by atoms with E-state index in [1.54, 1.807) is 6.92 Å². The Labute approximate surface area is 98.5 Å². The van der Waals surface area contributed by atoms with E-state index in [4.69, 9.17) is 17.3 Å². The van der Waals surface area contributed by atoms with Gasteiger partial charge in [-0.1, -0.05) is 23.7 Å². The predicted molar refractivity (Wildman–Crippen MR) is 63.2 cm³/mol. The summed E-state index contributed by atoms with van der Waals surface area (Å²) >= 11 is 5.80. The monoisotopic (exact) mass is 234 g/mol. The summed E-state index contributed by atoms with van der Waals surface area (Å²) < 4.78 is 0. The van der Waals surface area contributed by atoms with Crippen molar-refractivity contribution in [2.24, 2.45) is 0 Å². The van der Waals surface area contributed by atoms with E-state index >= 15 is 0 Å². The number of nitrogens with two attached hydrogens (primary N) is 1. The summed E-state index contributed by atoms with van der Waals surface area (Å²) in [5.74, 6) is 1.57. The van der Waals surface area contributed by atoms with Gasteiger partial charge in [-0.3, -0.25) is 0 Å². The lowest BCUT2D eigenvalue weighted by atomic mass is 10.1. The topological polar surface area (TPSA) is 64.7 Å². The fraction of sp³-hybridized carbons (Fsp3) is 0.182. The van der Waals surface area contributed by atoms with Gasteiger partial charge in [0.1, 0.15) is 11.6 Å². The van der Waals surface area contributed by atoms with Crippen LogP contribution in [0.15, 0.2) is 24.3 Å². The number of nitrogens with zero attached hydrogens (tertiary/aromatic N) is 3. The molecule has 0 aliphatic rings. The highest BCUT2D eigenvalue weighted by Crippen LogP contribution is 2.12. The lowest BCUT2D eigenvalue weighted by Crippen LogP contribution is -2.05. The lowest BCUT2D eigenvalue weighted by molar-refractivity contribution is 0.890. The van der Waals surface area contributed by atoms with Gasteiger partial charge in [0.05, 0.1) is 0 Å². The molecule has 0 unspecified atom stereocenters. The van der Waals surface area contributed by atoms with Crippen molar-refractivity contribution < 1.29 is 0 Å². The summed E-state index contributed by atoms with van der Waals surface area (Å²) in [7, 11) is 0. The molecule has 0 fully saturated rings. The van der Waals surface area contributed by atoms with Crippen molar-refractivity contribution in [1.82, 2.24) is 15.0 Å². The van der Waals surface area contributed by atoms with E-state index < -0.39 is 0 Å². The van der Waals surface area contributed by atoms with Crippen LogP contribution in [0.4, 0.5) is 5.95 Å². The Morgan fingerprint density at radius 3 is 2.44 bits per heavy atom. The number of rotatable bonds is 2. The molecule has 2 aromatic rings. The van der Waals surface area contributed by atoms with Crippen LogP contribution in [0.3, 0.4) is 0 Å². The first-order chi connectivity index (χ1) is 7.63. The molecule has 1 aromatic carbocycles. The van der Waals surface area contributed by atoms with E-state index in [1.807, 2.05) is 24.3 Å². The summed E-state index contributed by atoms with van der Waals surface area (Å²) in [6.45, 7) is 1.80. The second kappa shape index (κ2) is 4.45. The van der Waals surface area contributed by atoms with Crippen LogP contribution in [0, 0.1) is 6.92 Å². The summed E-state index contributed by atoms with van der Waals surface area (Å²) in [5.41, 5.74) is 6.65. The van der Waals surface area contributed by atoms with Crippen LogP contribution < -0.4 is 5.73 Å². The summed E-state index contributed by atoms with van der Waals surface area (Å²) in [6, 6.07) is 7.57. The normalized spacial score (nSPS) is 10.4. The first kappa shape index (κ1) is 10.8. The Kier molecular flexibility index (Phi) is 3.01. The third-order valence-corrected chi connectivity index (χ3v) is 2.34. The molecule has 0 bridgehead atoms. The van der Waals surface area contributed by atoms with Crippen LogP contribution in [-0.2, 0) is 6.42 Å².